The summed E-state index contributed by atoms with van der Waals surface area (Å²) < 4.78 is 5.54. The van der Waals surface area contributed by atoms with Crippen molar-refractivity contribution in [3.05, 3.63) is 57.2 Å². The molecule has 0 fully saturated rings. The van der Waals surface area contributed by atoms with E-state index in [1.807, 2.05) is 6.07 Å². The minimum atomic E-state index is -0.507. The Labute approximate surface area is 122 Å². The zero-order chi connectivity index (χ0) is 13.8. The highest BCUT2D eigenvalue weighted by atomic mass is 79.9. The molecule has 19 heavy (non-hydrogen) atoms. The third kappa shape index (κ3) is 3.21. The van der Waals surface area contributed by atoms with Crippen molar-refractivity contribution >= 4 is 33.2 Å². The highest BCUT2D eigenvalue weighted by Crippen LogP contribution is 2.33. The number of halogens is 2. The molecule has 0 radical (unpaired) electrons. The highest BCUT2D eigenvalue weighted by Gasteiger charge is 2.13. The summed E-state index contributed by atoms with van der Waals surface area (Å²) in [6.45, 7) is 0. The standard InChI is InChI=1S/C12H8BrClN2O3/c13-7-8-2-1-5-15-12(8)19-11-6-9(16(17)18)3-4-10(11)14/h1-6H,7H2. The van der Waals surface area contributed by atoms with Gasteiger partial charge in [0.15, 0.2) is 5.75 Å². The number of pyridine rings is 1. The molecule has 0 bridgehead atoms. The Kier molecular flexibility index (Phi) is 4.34. The lowest BCUT2D eigenvalue weighted by Gasteiger charge is -2.09. The molecule has 2 aromatic rings. The minimum Gasteiger partial charge on any atom is -0.437 e. The Morgan fingerprint density at radius 3 is 2.89 bits per heavy atom. The predicted molar refractivity (Wildman–Crippen MR) is 75.0 cm³/mol. The number of nitro groups is 1. The Morgan fingerprint density at radius 2 is 2.21 bits per heavy atom. The quantitative estimate of drug-likeness (QED) is 0.471. The van der Waals surface area contributed by atoms with Crippen molar-refractivity contribution in [2.45, 2.75) is 5.33 Å². The van der Waals surface area contributed by atoms with Crippen LogP contribution in [0.4, 0.5) is 5.69 Å². The van der Waals surface area contributed by atoms with Gasteiger partial charge in [0.2, 0.25) is 5.88 Å². The molecule has 0 spiro atoms. The second kappa shape index (κ2) is 5.99. The molecule has 0 unspecified atom stereocenters. The van der Waals surface area contributed by atoms with Gasteiger partial charge in [0.05, 0.1) is 16.0 Å². The third-order valence-corrected chi connectivity index (χ3v) is 3.24. The lowest BCUT2D eigenvalue weighted by Crippen LogP contribution is -1.94. The minimum absolute atomic E-state index is 0.0873. The summed E-state index contributed by atoms with van der Waals surface area (Å²) in [7, 11) is 0. The van der Waals surface area contributed by atoms with Gasteiger partial charge in [-0.15, -0.1) is 0 Å². The fourth-order valence-electron chi connectivity index (χ4n) is 1.41. The van der Waals surface area contributed by atoms with E-state index in [4.69, 9.17) is 16.3 Å². The predicted octanol–water partition coefficient (Wildman–Crippen LogP) is 4.33. The SMILES string of the molecule is O=[N+]([O-])c1ccc(Cl)c(Oc2ncccc2CBr)c1. The van der Waals surface area contributed by atoms with Crippen molar-refractivity contribution in [3.63, 3.8) is 0 Å². The summed E-state index contributed by atoms with van der Waals surface area (Å²) >= 11 is 9.28. The number of aromatic nitrogens is 1. The molecule has 5 nitrogen and oxygen atoms in total. The number of nitro benzene ring substituents is 1. The van der Waals surface area contributed by atoms with Gasteiger partial charge in [0.25, 0.3) is 5.69 Å². The van der Waals surface area contributed by atoms with Crippen LogP contribution in [0.15, 0.2) is 36.5 Å². The zero-order valence-electron chi connectivity index (χ0n) is 9.55. The summed E-state index contributed by atoms with van der Waals surface area (Å²) in [4.78, 5) is 14.3. The maximum atomic E-state index is 10.7. The van der Waals surface area contributed by atoms with E-state index in [0.717, 1.165) is 5.56 Å². The molecular formula is C12H8BrClN2O3. The molecule has 0 aliphatic rings. The molecule has 0 saturated heterocycles. The van der Waals surface area contributed by atoms with Crippen LogP contribution in [0, 0.1) is 10.1 Å². The number of rotatable bonds is 4. The van der Waals surface area contributed by atoms with Crippen LogP contribution in [0.3, 0.4) is 0 Å². The molecular weight excluding hydrogens is 336 g/mol. The van der Waals surface area contributed by atoms with Gasteiger partial charge in [-0.1, -0.05) is 33.6 Å². The van der Waals surface area contributed by atoms with Gasteiger partial charge in [0, 0.05) is 23.2 Å². The topological polar surface area (TPSA) is 65.3 Å². The average Bonchev–Trinajstić information content (AvgIpc) is 2.41. The first-order valence-corrected chi connectivity index (χ1v) is 6.73. The summed E-state index contributed by atoms with van der Waals surface area (Å²) in [6.07, 6.45) is 1.58. The van der Waals surface area contributed by atoms with E-state index in [9.17, 15) is 10.1 Å². The molecule has 0 saturated carbocycles. The van der Waals surface area contributed by atoms with E-state index in [1.165, 1.54) is 18.2 Å². The van der Waals surface area contributed by atoms with Crippen molar-refractivity contribution in [2.75, 3.05) is 0 Å². The van der Waals surface area contributed by atoms with Gasteiger partial charge < -0.3 is 4.74 Å². The second-order valence-electron chi connectivity index (χ2n) is 3.58. The second-order valence-corrected chi connectivity index (χ2v) is 4.54. The molecule has 0 atom stereocenters. The van der Waals surface area contributed by atoms with E-state index >= 15 is 0 Å². The van der Waals surface area contributed by atoms with E-state index < -0.39 is 4.92 Å². The van der Waals surface area contributed by atoms with Crippen LogP contribution >= 0.6 is 27.5 Å². The van der Waals surface area contributed by atoms with Crippen LogP contribution in [0.2, 0.25) is 5.02 Å². The molecule has 1 heterocycles. The number of hydrogen-bond donors (Lipinski definition) is 0. The molecule has 0 aliphatic carbocycles. The Morgan fingerprint density at radius 1 is 1.42 bits per heavy atom. The van der Waals surface area contributed by atoms with Gasteiger partial charge in [-0.2, -0.15) is 0 Å². The van der Waals surface area contributed by atoms with Crippen molar-refractivity contribution in [3.8, 4) is 11.6 Å². The number of nitrogens with zero attached hydrogens (tertiary/aromatic N) is 2. The number of non-ortho nitro benzene ring substituents is 1. The van der Waals surface area contributed by atoms with Gasteiger partial charge in [0.1, 0.15) is 0 Å². The molecule has 1 aromatic heterocycles. The molecule has 98 valence electrons. The van der Waals surface area contributed by atoms with Gasteiger partial charge in [-0.3, -0.25) is 10.1 Å². The van der Waals surface area contributed by atoms with Gasteiger partial charge >= 0.3 is 0 Å². The highest BCUT2D eigenvalue weighted by molar-refractivity contribution is 9.08. The summed E-state index contributed by atoms with van der Waals surface area (Å²) in [6, 6.07) is 7.63. The molecule has 0 aliphatic heterocycles. The summed E-state index contributed by atoms with van der Waals surface area (Å²) in [5.41, 5.74) is 0.737. The number of benzene rings is 1. The fraction of sp³-hybridized carbons (Fsp3) is 0.0833. The van der Waals surface area contributed by atoms with Crippen molar-refractivity contribution in [1.82, 2.24) is 4.98 Å². The first-order valence-electron chi connectivity index (χ1n) is 5.23. The van der Waals surface area contributed by atoms with Crippen molar-refractivity contribution < 1.29 is 9.66 Å². The molecule has 2 rings (SSSR count). The Bertz CT molecular complexity index is 622. The Balaban J connectivity index is 2.37. The van der Waals surface area contributed by atoms with Crippen molar-refractivity contribution in [2.24, 2.45) is 0 Å². The van der Waals surface area contributed by atoms with Crippen LogP contribution in [0.25, 0.3) is 0 Å². The summed E-state index contributed by atoms with van der Waals surface area (Å²) in [5.74, 6) is 0.568. The van der Waals surface area contributed by atoms with Crippen LogP contribution in [0.1, 0.15) is 5.56 Å². The van der Waals surface area contributed by atoms with Crippen LogP contribution in [-0.2, 0) is 5.33 Å². The normalized spacial score (nSPS) is 10.2. The Hall–Kier alpha value is -1.66. The molecule has 0 amide bonds. The summed E-state index contributed by atoms with van der Waals surface area (Å²) in [5, 5.41) is 11.6. The zero-order valence-corrected chi connectivity index (χ0v) is 11.9. The van der Waals surface area contributed by atoms with E-state index in [0.29, 0.717) is 11.2 Å². The van der Waals surface area contributed by atoms with Crippen LogP contribution < -0.4 is 4.74 Å². The van der Waals surface area contributed by atoms with Gasteiger partial charge in [-0.05, 0) is 12.1 Å². The maximum absolute atomic E-state index is 10.7. The van der Waals surface area contributed by atoms with E-state index in [2.05, 4.69) is 20.9 Å². The first kappa shape index (κ1) is 13.8. The average molecular weight is 344 g/mol. The number of hydrogen-bond acceptors (Lipinski definition) is 4. The van der Waals surface area contributed by atoms with Crippen molar-refractivity contribution in [1.29, 1.82) is 0 Å². The number of alkyl halides is 1. The maximum Gasteiger partial charge on any atom is 0.273 e. The monoisotopic (exact) mass is 342 g/mol. The fourth-order valence-corrected chi connectivity index (χ4v) is 1.99. The molecule has 0 N–H and O–H groups in total. The smallest absolute Gasteiger partial charge is 0.273 e. The van der Waals surface area contributed by atoms with Gasteiger partial charge in [-0.25, -0.2) is 4.98 Å². The largest absolute Gasteiger partial charge is 0.437 e. The lowest BCUT2D eigenvalue weighted by atomic mass is 10.3. The van der Waals surface area contributed by atoms with E-state index in [1.54, 1.807) is 12.3 Å². The number of ether oxygens (including phenoxy) is 1. The van der Waals surface area contributed by atoms with Crippen LogP contribution in [0.5, 0.6) is 11.6 Å². The van der Waals surface area contributed by atoms with E-state index in [-0.39, 0.29) is 16.5 Å². The first-order chi connectivity index (χ1) is 9.11. The molecule has 1 aromatic carbocycles. The molecule has 7 heteroatoms. The third-order valence-electron chi connectivity index (χ3n) is 2.33. The van der Waals surface area contributed by atoms with Crippen LogP contribution in [-0.4, -0.2) is 9.91 Å². The lowest BCUT2D eigenvalue weighted by molar-refractivity contribution is -0.384.